The van der Waals surface area contributed by atoms with Gasteiger partial charge in [0.2, 0.25) is 5.91 Å². The first kappa shape index (κ1) is 24.2. The monoisotopic (exact) mass is 485 g/mol. The Hall–Kier alpha value is -3.48. The van der Waals surface area contributed by atoms with Gasteiger partial charge >= 0.3 is 5.97 Å². The van der Waals surface area contributed by atoms with Crippen LogP contribution in [0.1, 0.15) is 21.5 Å². The molecule has 0 bridgehead atoms. The quantitative estimate of drug-likeness (QED) is 0.311. The number of carbonyl (C=O) groups is 2. The summed E-state index contributed by atoms with van der Waals surface area (Å²) in [5, 5.41) is 3.74. The Morgan fingerprint density at radius 2 is 1.67 bits per heavy atom. The average molecular weight is 486 g/mol. The molecule has 0 aromatic heterocycles. The number of hydrogen-bond acceptors (Lipinski definition) is 5. The molecule has 0 aliphatic carbocycles. The summed E-state index contributed by atoms with van der Waals surface area (Å²) in [6.07, 6.45) is 3.01. The molecule has 0 saturated heterocycles. The Bertz CT molecular complexity index is 1170. The van der Waals surface area contributed by atoms with Crippen molar-refractivity contribution in [2.45, 2.75) is 6.61 Å². The van der Waals surface area contributed by atoms with Crippen LogP contribution >= 0.6 is 23.2 Å². The van der Waals surface area contributed by atoms with E-state index in [1.807, 2.05) is 0 Å². The summed E-state index contributed by atoms with van der Waals surface area (Å²) < 4.78 is 15.9. The lowest BCUT2D eigenvalue weighted by molar-refractivity contribution is -0.111. The second-order valence-electron chi connectivity index (χ2n) is 6.79. The van der Waals surface area contributed by atoms with Gasteiger partial charge in [-0.2, -0.15) is 0 Å². The number of esters is 1. The number of nitrogens with one attached hydrogen (secondary N) is 1. The lowest BCUT2D eigenvalue weighted by Crippen LogP contribution is -2.09. The molecule has 1 amide bonds. The Kier molecular flexibility index (Phi) is 8.35. The van der Waals surface area contributed by atoms with Crippen LogP contribution in [-0.2, 0) is 16.1 Å². The van der Waals surface area contributed by atoms with Gasteiger partial charge in [-0.3, -0.25) is 4.79 Å². The summed E-state index contributed by atoms with van der Waals surface area (Å²) in [6, 6.07) is 17.0. The van der Waals surface area contributed by atoms with Gasteiger partial charge < -0.3 is 19.5 Å². The standard InChI is InChI=1S/C25H21Cl2NO5/c1-31-23-13-16(9-11-22(23)33-15-19-20(26)7-4-8-21(19)27)10-12-24(29)28-18-6-3-5-17(14-18)25(30)32-2/h3-14H,15H2,1-2H3,(H,28,29)/b12-10+. The lowest BCUT2D eigenvalue weighted by Gasteiger charge is -2.13. The molecular formula is C25H21Cl2NO5. The summed E-state index contributed by atoms with van der Waals surface area (Å²) in [5.41, 5.74) is 2.23. The molecule has 0 aliphatic heterocycles. The number of ether oxygens (including phenoxy) is 3. The van der Waals surface area contributed by atoms with Crippen molar-refractivity contribution in [2.75, 3.05) is 19.5 Å². The zero-order valence-electron chi connectivity index (χ0n) is 17.9. The molecule has 3 rings (SSSR count). The minimum atomic E-state index is -0.479. The molecule has 33 heavy (non-hydrogen) atoms. The molecule has 0 saturated carbocycles. The highest BCUT2D eigenvalue weighted by atomic mass is 35.5. The minimum absolute atomic E-state index is 0.178. The van der Waals surface area contributed by atoms with Gasteiger partial charge in [0.1, 0.15) is 6.61 Å². The molecule has 1 N–H and O–H groups in total. The van der Waals surface area contributed by atoms with Crippen LogP contribution in [0.3, 0.4) is 0 Å². The molecule has 0 spiro atoms. The summed E-state index contributed by atoms with van der Waals surface area (Å²) in [6.45, 7) is 0.178. The van der Waals surface area contributed by atoms with Crippen LogP contribution in [0.4, 0.5) is 5.69 Å². The number of halogens is 2. The Balaban J connectivity index is 1.66. The fraction of sp³-hybridized carbons (Fsp3) is 0.120. The second-order valence-corrected chi connectivity index (χ2v) is 7.61. The molecule has 3 aromatic rings. The molecule has 0 aliphatic rings. The molecule has 0 atom stereocenters. The highest BCUT2D eigenvalue weighted by molar-refractivity contribution is 6.35. The van der Waals surface area contributed by atoms with Crippen molar-refractivity contribution >= 4 is 46.8 Å². The lowest BCUT2D eigenvalue weighted by atomic mass is 10.1. The SMILES string of the molecule is COC(=O)c1cccc(NC(=O)/C=C/c2ccc(OCc3c(Cl)cccc3Cl)c(OC)c2)c1. The number of methoxy groups -OCH3 is 2. The van der Waals surface area contributed by atoms with Gasteiger partial charge in [0.25, 0.3) is 0 Å². The third-order valence-corrected chi connectivity index (χ3v) is 5.31. The first-order valence-corrected chi connectivity index (χ1v) is 10.6. The van der Waals surface area contributed by atoms with Crippen molar-refractivity contribution in [3.63, 3.8) is 0 Å². The number of carbonyl (C=O) groups excluding carboxylic acids is 2. The van der Waals surface area contributed by atoms with Gasteiger partial charge in [-0.25, -0.2) is 4.79 Å². The van der Waals surface area contributed by atoms with Gasteiger partial charge in [-0.15, -0.1) is 0 Å². The molecule has 8 heteroatoms. The van der Waals surface area contributed by atoms with Gasteiger partial charge in [0.05, 0.1) is 19.8 Å². The fourth-order valence-corrected chi connectivity index (χ4v) is 3.43. The smallest absolute Gasteiger partial charge is 0.337 e. The molecule has 6 nitrogen and oxygen atoms in total. The number of rotatable bonds is 8. The van der Waals surface area contributed by atoms with Gasteiger partial charge in [0, 0.05) is 27.4 Å². The highest BCUT2D eigenvalue weighted by Gasteiger charge is 2.10. The molecule has 0 fully saturated rings. The van der Waals surface area contributed by atoms with Crippen LogP contribution in [0.15, 0.2) is 66.7 Å². The topological polar surface area (TPSA) is 73.9 Å². The van der Waals surface area contributed by atoms with Crippen molar-refractivity contribution in [1.82, 2.24) is 0 Å². The van der Waals surface area contributed by atoms with Crippen molar-refractivity contribution < 1.29 is 23.8 Å². The number of hydrogen-bond donors (Lipinski definition) is 1. The van der Waals surface area contributed by atoms with E-state index in [0.29, 0.717) is 38.4 Å². The van der Waals surface area contributed by atoms with E-state index in [4.69, 9.17) is 32.7 Å². The van der Waals surface area contributed by atoms with E-state index in [0.717, 1.165) is 5.56 Å². The van der Waals surface area contributed by atoms with Crippen LogP contribution in [-0.4, -0.2) is 26.1 Å². The van der Waals surface area contributed by atoms with E-state index < -0.39 is 5.97 Å². The van der Waals surface area contributed by atoms with Gasteiger partial charge in [-0.05, 0) is 54.1 Å². The zero-order chi connectivity index (χ0) is 23.8. The Morgan fingerprint density at radius 3 is 2.36 bits per heavy atom. The highest BCUT2D eigenvalue weighted by Crippen LogP contribution is 2.31. The summed E-state index contributed by atoms with van der Waals surface area (Å²) in [7, 11) is 2.83. The second kappa shape index (κ2) is 11.4. The van der Waals surface area contributed by atoms with E-state index in [9.17, 15) is 9.59 Å². The molecular weight excluding hydrogens is 465 g/mol. The Morgan fingerprint density at radius 1 is 0.939 bits per heavy atom. The first-order valence-electron chi connectivity index (χ1n) is 9.82. The predicted octanol–water partition coefficient (Wildman–Crippen LogP) is 6.02. The van der Waals surface area contributed by atoms with Crippen molar-refractivity contribution in [3.8, 4) is 11.5 Å². The van der Waals surface area contributed by atoms with Crippen LogP contribution in [0.2, 0.25) is 10.0 Å². The van der Waals surface area contributed by atoms with E-state index in [2.05, 4.69) is 10.1 Å². The number of amides is 1. The summed E-state index contributed by atoms with van der Waals surface area (Å²) in [4.78, 5) is 23.9. The molecule has 170 valence electrons. The van der Waals surface area contributed by atoms with E-state index >= 15 is 0 Å². The van der Waals surface area contributed by atoms with E-state index in [-0.39, 0.29) is 12.5 Å². The van der Waals surface area contributed by atoms with Crippen molar-refractivity contribution in [1.29, 1.82) is 0 Å². The molecule has 0 unspecified atom stereocenters. The van der Waals surface area contributed by atoms with Crippen molar-refractivity contribution in [2.24, 2.45) is 0 Å². The maximum atomic E-state index is 12.3. The van der Waals surface area contributed by atoms with Crippen LogP contribution in [0, 0.1) is 0 Å². The van der Waals surface area contributed by atoms with Crippen LogP contribution in [0.25, 0.3) is 6.08 Å². The van der Waals surface area contributed by atoms with Crippen LogP contribution < -0.4 is 14.8 Å². The maximum absolute atomic E-state index is 12.3. The zero-order valence-corrected chi connectivity index (χ0v) is 19.4. The maximum Gasteiger partial charge on any atom is 0.337 e. The number of anilines is 1. The van der Waals surface area contributed by atoms with Gasteiger partial charge in [-0.1, -0.05) is 41.4 Å². The molecule has 0 radical (unpaired) electrons. The van der Waals surface area contributed by atoms with Crippen molar-refractivity contribution in [3.05, 3.63) is 93.5 Å². The molecule has 3 aromatic carbocycles. The van der Waals surface area contributed by atoms with E-state index in [1.54, 1.807) is 60.7 Å². The van der Waals surface area contributed by atoms with Gasteiger partial charge in [0.15, 0.2) is 11.5 Å². The fourth-order valence-electron chi connectivity index (χ4n) is 2.92. The first-order chi connectivity index (χ1) is 15.9. The largest absolute Gasteiger partial charge is 0.493 e. The van der Waals surface area contributed by atoms with E-state index in [1.165, 1.54) is 26.4 Å². The predicted molar refractivity (Wildman–Crippen MR) is 129 cm³/mol. The summed E-state index contributed by atoms with van der Waals surface area (Å²) >= 11 is 12.4. The average Bonchev–Trinajstić information content (AvgIpc) is 2.82. The molecule has 0 heterocycles. The minimum Gasteiger partial charge on any atom is -0.493 e. The third-order valence-electron chi connectivity index (χ3n) is 4.60. The third kappa shape index (κ3) is 6.51. The number of benzene rings is 3. The Labute approximate surface area is 201 Å². The normalized spacial score (nSPS) is 10.7. The summed E-state index contributed by atoms with van der Waals surface area (Å²) in [5.74, 6) is 0.166. The van der Waals surface area contributed by atoms with Crippen LogP contribution in [0.5, 0.6) is 11.5 Å².